The molecule has 1 fully saturated rings. The van der Waals surface area contributed by atoms with Gasteiger partial charge < -0.3 is 24.1 Å². The summed E-state index contributed by atoms with van der Waals surface area (Å²) < 4.78 is 18.7. The van der Waals surface area contributed by atoms with Crippen LogP contribution in [0.1, 0.15) is 67.8 Å². The summed E-state index contributed by atoms with van der Waals surface area (Å²) in [7, 11) is 1.63. The molecule has 1 aliphatic rings. The Kier molecular flexibility index (Phi) is 11.9. The van der Waals surface area contributed by atoms with Crippen LogP contribution >= 0.6 is 11.6 Å². The van der Waals surface area contributed by atoms with E-state index in [1.165, 1.54) is 11.8 Å². The number of carbonyl (C=O) groups excluding carboxylic acids is 2. The lowest BCUT2D eigenvalue weighted by Crippen LogP contribution is -2.39. The van der Waals surface area contributed by atoms with E-state index in [9.17, 15) is 9.59 Å². The number of ketones is 1. The van der Waals surface area contributed by atoms with Crippen molar-refractivity contribution in [1.29, 1.82) is 0 Å². The predicted molar refractivity (Wildman–Crippen MR) is 144 cm³/mol. The molecule has 0 aliphatic carbocycles. The maximum Gasteiger partial charge on any atom is 0.322 e. The van der Waals surface area contributed by atoms with Gasteiger partial charge >= 0.3 is 6.03 Å². The number of halogens is 1. The molecule has 1 N–H and O–H groups in total. The fourth-order valence-corrected chi connectivity index (χ4v) is 4.34. The molecule has 10 heteroatoms. The largest absolute Gasteiger partial charge is 0.382 e. The van der Waals surface area contributed by atoms with E-state index < -0.39 is 0 Å². The van der Waals surface area contributed by atoms with Crippen LogP contribution in [0.15, 0.2) is 24.3 Å². The number of carbonyl (C=O) groups is 2. The lowest BCUT2D eigenvalue weighted by Gasteiger charge is -2.22. The van der Waals surface area contributed by atoms with Gasteiger partial charge in [0.1, 0.15) is 11.5 Å². The van der Waals surface area contributed by atoms with E-state index in [1.807, 2.05) is 35.8 Å². The Morgan fingerprint density at radius 2 is 2.00 bits per heavy atom. The Balaban J connectivity index is 1.69. The van der Waals surface area contributed by atoms with Gasteiger partial charge in [0.2, 0.25) is 0 Å². The van der Waals surface area contributed by atoms with Crippen LogP contribution in [-0.2, 0) is 27.2 Å². The topological polar surface area (TPSA) is 94.9 Å². The number of aryl methyl sites for hydroxylation is 1. The molecule has 2 aromatic rings. The SMILES string of the molecule is CCOCCCc1nc(N(C)C(=O)NCCCOC2CCCCO2)c(C(C)=O)n1Cc1ccc(Cl)cc1. The third kappa shape index (κ3) is 8.81. The molecule has 1 saturated heterocycles. The van der Waals surface area contributed by atoms with Crippen molar-refractivity contribution in [3.05, 3.63) is 46.4 Å². The van der Waals surface area contributed by atoms with Crippen molar-refractivity contribution in [2.75, 3.05) is 44.9 Å². The number of anilines is 1. The van der Waals surface area contributed by atoms with Gasteiger partial charge in [0.25, 0.3) is 0 Å². The van der Waals surface area contributed by atoms with E-state index in [4.69, 9.17) is 30.8 Å². The molecular weight excluding hydrogens is 496 g/mol. The number of amides is 2. The third-order valence-corrected chi connectivity index (χ3v) is 6.42. The molecule has 2 heterocycles. The summed E-state index contributed by atoms with van der Waals surface area (Å²) in [5.41, 5.74) is 1.38. The Labute approximate surface area is 224 Å². The first kappa shape index (κ1) is 29.1. The number of nitrogens with one attached hydrogen (secondary N) is 1. The fourth-order valence-electron chi connectivity index (χ4n) is 4.22. The molecule has 0 saturated carbocycles. The van der Waals surface area contributed by atoms with Gasteiger partial charge in [-0.2, -0.15) is 0 Å². The Bertz CT molecular complexity index is 1000. The van der Waals surface area contributed by atoms with Crippen LogP contribution in [0.3, 0.4) is 0 Å². The van der Waals surface area contributed by atoms with Crippen molar-refractivity contribution in [2.24, 2.45) is 0 Å². The summed E-state index contributed by atoms with van der Waals surface area (Å²) in [4.78, 5) is 31.9. The molecule has 37 heavy (non-hydrogen) atoms. The quantitative estimate of drug-likeness (QED) is 0.275. The standard InChI is InChI=1S/C27H39ClN4O5/c1-4-35-16-7-9-23-30-26(25(20(2)33)32(23)19-21-11-13-22(28)14-12-21)31(3)27(34)29-15-8-18-37-24-10-5-6-17-36-24/h11-14,24H,4-10,15-19H2,1-3H3,(H,29,34). The molecule has 2 amide bonds. The van der Waals surface area contributed by atoms with Crippen LogP contribution < -0.4 is 10.2 Å². The highest BCUT2D eigenvalue weighted by molar-refractivity contribution is 6.30. The zero-order valence-electron chi connectivity index (χ0n) is 22.1. The van der Waals surface area contributed by atoms with E-state index in [-0.39, 0.29) is 18.1 Å². The first-order chi connectivity index (χ1) is 17.9. The lowest BCUT2D eigenvalue weighted by molar-refractivity contribution is -0.162. The summed E-state index contributed by atoms with van der Waals surface area (Å²) >= 11 is 6.05. The van der Waals surface area contributed by atoms with Crippen molar-refractivity contribution in [3.8, 4) is 0 Å². The van der Waals surface area contributed by atoms with Crippen molar-refractivity contribution in [3.63, 3.8) is 0 Å². The van der Waals surface area contributed by atoms with Gasteiger partial charge in [0.05, 0.1) is 6.61 Å². The molecule has 0 bridgehead atoms. The zero-order chi connectivity index (χ0) is 26.6. The molecule has 0 spiro atoms. The smallest absolute Gasteiger partial charge is 0.322 e. The Morgan fingerprint density at radius 1 is 1.22 bits per heavy atom. The molecule has 1 atom stereocenters. The maximum absolute atomic E-state index is 13.0. The second-order valence-electron chi connectivity index (χ2n) is 9.08. The summed E-state index contributed by atoms with van der Waals surface area (Å²) in [6, 6.07) is 7.16. The number of benzene rings is 1. The first-order valence-electron chi connectivity index (χ1n) is 13.1. The van der Waals surface area contributed by atoms with Crippen LogP contribution in [0.4, 0.5) is 10.6 Å². The highest BCUT2D eigenvalue weighted by Gasteiger charge is 2.26. The van der Waals surface area contributed by atoms with Gasteiger partial charge in [-0.25, -0.2) is 9.78 Å². The number of ether oxygens (including phenoxy) is 3. The number of nitrogens with zero attached hydrogens (tertiary/aromatic N) is 3. The minimum atomic E-state index is -0.326. The van der Waals surface area contributed by atoms with Crippen LogP contribution in [0, 0.1) is 0 Å². The Morgan fingerprint density at radius 3 is 2.68 bits per heavy atom. The Hall–Kier alpha value is -2.46. The molecule has 3 rings (SSSR count). The number of hydrogen-bond acceptors (Lipinski definition) is 6. The summed E-state index contributed by atoms with van der Waals surface area (Å²) in [6.45, 7) is 6.83. The van der Waals surface area contributed by atoms with Gasteiger partial charge in [-0.1, -0.05) is 23.7 Å². The second-order valence-corrected chi connectivity index (χ2v) is 9.52. The highest BCUT2D eigenvalue weighted by atomic mass is 35.5. The summed E-state index contributed by atoms with van der Waals surface area (Å²) in [5.74, 6) is 0.917. The van der Waals surface area contributed by atoms with Crippen LogP contribution in [0.2, 0.25) is 5.02 Å². The van der Waals surface area contributed by atoms with Crippen LogP contribution in [0.25, 0.3) is 0 Å². The molecule has 0 radical (unpaired) electrons. The number of imidazole rings is 1. The van der Waals surface area contributed by atoms with Crippen LogP contribution in [0.5, 0.6) is 0 Å². The molecule has 1 aromatic heterocycles. The van der Waals surface area contributed by atoms with E-state index in [1.54, 1.807) is 7.05 Å². The van der Waals surface area contributed by atoms with E-state index in [0.717, 1.165) is 43.7 Å². The predicted octanol–water partition coefficient (Wildman–Crippen LogP) is 4.84. The summed E-state index contributed by atoms with van der Waals surface area (Å²) in [6.07, 6.45) is 4.99. The average Bonchev–Trinajstić information content (AvgIpc) is 3.26. The molecule has 1 aliphatic heterocycles. The van der Waals surface area contributed by atoms with Crippen molar-refractivity contribution in [2.45, 2.75) is 65.2 Å². The van der Waals surface area contributed by atoms with Gasteiger partial charge in [-0.05, 0) is 56.7 Å². The van der Waals surface area contributed by atoms with E-state index in [2.05, 4.69) is 5.32 Å². The lowest BCUT2D eigenvalue weighted by atomic mass is 10.2. The third-order valence-electron chi connectivity index (χ3n) is 6.17. The fraction of sp³-hybridized carbons (Fsp3) is 0.593. The second kappa shape index (κ2) is 15.1. The summed E-state index contributed by atoms with van der Waals surface area (Å²) in [5, 5.41) is 3.55. The molecule has 1 aromatic carbocycles. The van der Waals surface area contributed by atoms with E-state index in [0.29, 0.717) is 62.3 Å². The number of rotatable bonds is 14. The normalized spacial score (nSPS) is 15.5. The molecular formula is C27H39ClN4O5. The van der Waals surface area contributed by atoms with Gasteiger partial charge in [0, 0.05) is 58.3 Å². The minimum absolute atomic E-state index is 0.143. The maximum atomic E-state index is 13.0. The minimum Gasteiger partial charge on any atom is -0.382 e. The number of Topliss-reactive ketones (excluding diaryl/α,β-unsaturated/α-hetero) is 1. The first-order valence-corrected chi connectivity index (χ1v) is 13.5. The monoisotopic (exact) mass is 534 g/mol. The van der Waals surface area contributed by atoms with Crippen molar-refractivity contribution in [1.82, 2.24) is 14.9 Å². The molecule has 1 unspecified atom stereocenters. The molecule has 9 nitrogen and oxygen atoms in total. The number of aromatic nitrogens is 2. The van der Waals surface area contributed by atoms with Gasteiger partial charge in [-0.3, -0.25) is 9.69 Å². The van der Waals surface area contributed by atoms with E-state index >= 15 is 0 Å². The van der Waals surface area contributed by atoms with Gasteiger partial charge in [0.15, 0.2) is 17.9 Å². The number of hydrogen-bond donors (Lipinski definition) is 1. The molecule has 204 valence electrons. The van der Waals surface area contributed by atoms with Crippen LogP contribution in [-0.4, -0.2) is 67.7 Å². The van der Waals surface area contributed by atoms with Crippen molar-refractivity contribution < 1.29 is 23.8 Å². The van der Waals surface area contributed by atoms with Gasteiger partial charge in [-0.15, -0.1) is 0 Å². The van der Waals surface area contributed by atoms with Crippen molar-refractivity contribution >= 4 is 29.2 Å². The highest BCUT2D eigenvalue weighted by Crippen LogP contribution is 2.24. The number of urea groups is 1. The average molecular weight is 535 g/mol. The zero-order valence-corrected chi connectivity index (χ0v) is 22.9.